The van der Waals surface area contributed by atoms with Gasteiger partial charge in [-0.2, -0.15) is 0 Å². The van der Waals surface area contributed by atoms with Gasteiger partial charge in [0.2, 0.25) is 0 Å². The predicted octanol–water partition coefficient (Wildman–Crippen LogP) is 3.49. The third-order valence-corrected chi connectivity index (χ3v) is 5.90. The number of fused-ring (bicyclic) bond motifs is 1. The molecule has 0 bridgehead atoms. The van der Waals surface area contributed by atoms with E-state index < -0.39 is 10.0 Å². The quantitative estimate of drug-likeness (QED) is 0.861. The number of methoxy groups -OCH3 is 1. The van der Waals surface area contributed by atoms with E-state index in [1.165, 1.54) is 23.5 Å². The predicted molar refractivity (Wildman–Crippen MR) is 87.3 cm³/mol. The zero-order valence-electron chi connectivity index (χ0n) is 12.1. The zero-order chi connectivity index (χ0) is 15.7. The first kappa shape index (κ1) is 15.2. The van der Waals surface area contributed by atoms with Gasteiger partial charge in [-0.3, -0.25) is 4.31 Å². The molecule has 0 unspecified atom stereocenters. The minimum atomic E-state index is -3.63. The average molecular weight is 338 g/mol. The van der Waals surface area contributed by atoms with Crippen LogP contribution in [-0.4, -0.2) is 22.1 Å². The first-order valence-electron chi connectivity index (χ1n) is 6.98. The molecule has 22 heavy (non-hydrogen) atoms. The van der Waals surface area contributed by atoms with Crippen LogP contribution in [0.25, 0.3) is 0 Å². The summed E-state index contributed by atoms with van der Waals surface area (Å²) in [7, 11) is -2.16. The third kappa shape index (κ3) is 2.55. The number of hydrogen-bond donors (Lipinski definition) is 0. The largest absolute Gasteiger partial charge is 0.495 e. The van der Waals surface area contributed by atoms with E-state index in [1.807, 2.05) is 24.3 Å². The van der Waals surface area contributed by atoms with Crippen LogP contribution in [0.2, 0.25) is 5.02 Å². The van der Waals surface area contributed by atoms with Crippen molar-refractivity contribution in [2.75, 3.05) is 18.0 Å². The molecule has 0 radical (unpaired) electrons. The summed E-state index contributed by atoms with van der Waals surface area (Å²) in [5.41, 5.74) is 1.81. The lowest BCUT2D eigenvalue weighted by Gasteiger charge is -2.30. The number of para-hydroxylation sites is 1. The Morgan fingerprint density at radius 1 is 1.18 bits per heavy atom. The van der Waals surface area contributed by atoms with E-state index in [0.717, 1.165) is 24.1 Å². The van der Waals surface area contributed by atoms with Crippen LogP contribution in [0.4, 0.5) is 5.69 Å². The van der Waals surface area contributed by atoms with Crippen molar-refractivity contribution in [1.82, 2.24) is 0 Å². The summed E-state index contributed by atoms with van der Waals surface area (Å²) in [5, 5.41) is 0.389. The molecule has 0 atom stereocenters. The third-order valence-electron chi connectivity index (χ3n) is 3.78. The van der Waals surface area contributed by atoms with E-state index in [0.29, 0.717) is 17.3 Å². The zero-order valence-corrected chi connectivity index (χ0v) is 13.7. The number of rotatable bonds is 3. The maximum absolute atomic E-state index is 13.0. The topological polar surface area (TPSA) is 46.6 Å². The Hall–Kier alpha value is -1.72. The first-order chi connectivity index (χ1) is 10.5. The van der Waals surface area contributed by atoms with Gasteiger partial charge < -0.3 is 4.74 Å². The lowest BCUT2D eigenvalue weighted by molar-refractivity contribution is 0.413. The van der Waals surface area contributed by atoms with Crippen molar-refractivity contribution in [1.29, 1.82) is 0 Å². The van der Waals surface area contributed by atoms with Crippen molar-refractivity contribution in [3.63, 3.8) is 0 Å². The van der Waals surface area contributed by atoms with Gasteiger partial charge in [0.1, 0.15) is 5.75 Å². The van der Waals surface area contributed by atoms with E-state index in [-0.39, 0.29) is 4.90 Å². The minimum Gasteiger partial charge on any atom is -0.495 e. The molecule has 0 spiro atoms. The molecule has 0 aromatic heterocycles. The molecule has 2 aromatic rings. The summed E-state index contributed by atoms with van der Waals surface area (Å²) < 4.78 is 32.5. The van der Waals surface area contributed by atoms with Gasteiger partial charge in [-0.05, 0) is 36.6 Å². The van der Waals surface area contributed by atoms with Gasteiger partial charge in [-0.1, -0.05) is 29.8 Å². The Bertz CT molecular complexity index is 805. The minimum absolute atomic E-state index is 0.186. The van der Waals surface area contributed by atoms with Gasteiger partial charge in [0.15, 0.2) is 0 Å². The summed E-state index contributed by atoms with van der Waals surface area (Å²) in [6, 6.07) is 12.1. The van der Waals surface area contributed by atoms with Crippen molar-refractivity contribution in [2.24, 2.45) is 0 Å². The molecule has 116 valence electrons. The number of aryl methyl sites for hydroxylation is 1. The van der Waals surface area contributed by atoms with Gasteiger partial charge in [0.05, 0.1) is 22.7 Å². The molecular formula is C16H16ClNO3S. The average Bonchev–Trinajstić information content (AvgIpc) is 2.54. The monoisotopic (exact) mass is 337 g/mol. The second kappa shape index (κ2) is 5.82. The van der Waals surface area contributed by atoms with E-state index in [1.54, 1.807) is 6.07 Å². The Balaban J connectivity index is 2.08. The molecule has 1 aliphatic rings. The number of benzene rings is 2. The molecule has 6 heteroatoms. The molecule has 1 heterocycles. The van der Waals surface area contributed by atoms with E-state index in [9.17, 15) is 8.42 Å². The number of anilines is 1. The summed E-state index contributed by atoms with van der Waals surface area (Å²) in [6.07, 6.45) is 1.70. The molecule has 0 N–H and O–H groups in total. The van der Waals surface area contributed by atoms with E-state index >= 15 is 0 Å². The van der Waals surface area contributed by atoms with Gasteiger partial charge in [0.25, 0.3) is 10.0 Å². The van der Waals surface area contributed by atoms with Crippen molar-refractivity contribution in [3.05, 3.63) is 53.1 Å². The number of sulfonamides is 1. The molecule has 0 fully saturated rings. The van der Waals surface area contributed by atoms with Gasteiger partial charge >= 0.3 is 0 Å². The summed E-state index contributed by atoms with van der Waals surface area (Å²) >= 11 is 5.98. The Kier molecular flexibility index (Phi) is 4.02. The van der Waals surface area contributed by atoms with Crippen LogP contribution >= 0.6 is 11.6 Å². The lowest BCUT2D eigenvalue weighted by atomic mass is 10.0. The molecule has 0 saturated carbocycles. The molecule has 4 nitrogen and oxygen atoms in total. The highest BCUT2D eigenvalue weighted by Crippen LogP contribution is 2.34. The number of halogens is 1. The Morgan fingerprint density at radius 3 is 2.73 bits per heavy atom. The molecule has 0 saturated heterocycles. The van der Waals surface area contributed by atoms with Crippen LogP contribution in [0.1, 0.15) is 12.0 Å². The van der Waals surface area contributed by atoms with Crippen LogP contribution in [0.5, 0.6) is 5.75 Å². The molecule has 0 amide bonds. The maximum atomic E-state index is 13.0. The Labute approximate surface area is 135 Å². The summed E-state index contributed by atoms with van der Waals surface area (Å²) in [5.74, 6) is 0.355. The van der Waals surface area contributed by atoms with Crippen molar-refractivity contribution in [3.8, 4) is 5.75 Å². The maximum Gasteiger partial charge on any atom is 0.264 e. The SMILES string of the molecule is COc1cc(S(=O)(=O)N2CCCc3ccccc32)ccc1Cl. The van der Waals surface area contributed by atoms with E-state index in [2.05, 4.69) is 0 Å². The second-order valence-electron chi connectivity index (χ2n) is 5.11. The van der Waals surface area contributed by atoms with Crippen LogP contribution in [0.3, 0.4) is 0 Å². The first-order valence-corrected chi connectivity index (χ1v) is 8.80. The highest BCUT2D eigenvalue weighted by atomic mass is 35.5. The van der Waals surface area contributed by atoms with Gasteiger partial charge in [0, 0.05) is 12.6 Å². The highest BCUT2D eigenvalue weighted by molar-refractivity contribution is 7.92. The second-order valence-corrected chi connectivity index (χ2v) is 7.38. The number of nitrogens with zero attached hydrogens (tertiary/aromatic N) is 1. The summed E-state index contributed by atoms with van der Waals surface area (Å²) in [6.45, 7) is 0.476. The van der Waals surface area contributed by atoms with Crippen LogP contribution < -0.4 is 9.04 Å². The Morgan fingerprint density at radius 2 is 1.95 bits per heavy atom. The fourth-order valence-electron chi connectivity index (χ4n) is 2.68. The molecule has 2 aromatic carbocycles. The summed E-state index contributed by atoms with van der Waals surface area (Å²) in [4.78, 5) is 0.186. The smallest absolute Gasteiger partial charge is 0.264 e. The van der Waals surface area contributed by atoms with Gasteiger partial charge in [-0.15, -0.1) is 0 Å². The van der Waals surface area contributed by atoms with Crippen LogP contribution in [-0.2, 0) is 16.4 Å². The molecule has 0 aliphatic carbocycles. The lowest BCUT2D eigenvalue weighted by Crippen LogP contribution is -2.35. The molecule has 3 rings (SSSR count). The van der Waals surface area contributed by atoms with Crippen molar-refractivity contribution < 1.29 is 13.2 Å². The molecule has 1 aliphatic heterocycles. The number of hydrogen-bond acceptors (Lipinski definition) is 3. The van der Waals surface area contributed by atoms with Gasteiger partial charge in [-0.25, -0.2) is 8.42 Å². The van der Waals surface area contributed by atoms with Crippen LogP contribution in [0.15, 0.2) is 47.4 Å². The standard InChI is InChI=1S/C16H16ClNO3S/c1-21-16-11-13(8-9-14(16)17)22(19,20)18-10-4-6-12-5-2-3-7-15(12)18/h2-3,5,7-9,11H,4,6,10H2,1H3. The normalized spacial score (nSPS) is 14.5. The molecular weight excluding hydrogens is 322 g/mol. The fourth-order valence-corrected chi connectivity index (χ4v) is 4.43. The van der Waals surface area contributed by atoms with Crippen molar-refractivity contribution in [2.45, 2.75) is 17.7 Å². The number of ether oxygens (including phenoxy) is 1. The highest BCUT2D eigenvalue weighted by Gasteiger charge is 2.29. The van der Waals surface area contributed by atoms with E-state index in [4.69, 9.17) is 16.3 Å². The fraction of sp³-hybridized carbons (Fsp3) is 0.250. The van der Waals surface area contributed by atoms with Crippen molar-refractivity contribution >= 4 is 27.3 Å². The van der Waals surface area contributed by atoms with Crippen LogP contribution in [0, 0.1) is 0 Å².